The summed E-state index contributed by atoms with van der Waals surface area (Å²) in [5.41, 5.74) is 8.76. The Bertz CT molecular complexity index is 1410. The van der Waals surface area contributed by atoms with E-state index in [0.717, 1.165) is 16.5 Å². The van der Waals surface area contributed by atoms with Crippen molar-refractivity contribution in [1.29, 1.82) is 0 Å². The summed E-state index contributed by atoms with van der Waals surface area (Å²) in [5.74, 6) is -2.02. The van der Waals surface area contributed by atoms with Gasteiger partial charge in [-0.1, -0.05) is 30.3 Å². The molecule has 42 heavy (non-hydrogen) atoms. The maximum absolute atomic E-state index is 13.6. The highest BCUT2D eigenvalue weighted by Gasteiger charge is 2.38. The van der Waals surface area contributed by atoms with Gasteiger partial charge in [0.05, 0.1) is 6.04 Å². The Balaban J connectivity index is 1.49. The first-order chi connectivity index (χ1) is 20.2. The first-order valence-electron chi connectivity index (χ1n) is 13.9. The molecule has 0 spiro atoms. The number of carbonyl (C=O) groups excluding carboxylic acids is 3. The molecule has 4 unspecified atom stereocenters. The number of amides is 3. The van der Waals surface area contributed by atoms with Crippen LogP contribution in [0.1, 0.15) is 30.4 Å². The number of carbonyl (C=O) groups is 4. The highest BCUT2D eigenvalue weighted by atomic mass is 32.2. The summed E-state index contributed by atoms with van der Waals surface area (Å²) in [7, 11) is 0. The molecule has 7 N–H and O–H groups in total. The van der Waals surface area contributed by atoms with Crippen molar-refractivity contribution >= 4 is 46.4 Å². The Kier molecular flexibility index (Phi) is 10.5. The maximum Gasteiger partial charge on any atom is 0.326 e. The van der Waals surface area contributed by atoms with Gasteiger partial charge in [-0.15, -0.1) is 0 Å². The topological polar surface area (TPSA) is 178 Å². The number of likely N-dealkylation sites (tertiary alicyclic amines) is 1. The van der Waals surface area contributed by atoms with E-state index in [4.69, 9.17) is 5.73 Å². The van der Waals surface area contributed by atoms with Gasteiger partial charge in [0.15, 0.2) is 0 Å². The van der Waals surface area contributed by atoms with Gasteiger partial charge in [-0.25, -0.2) is 4.79 Å². The van der Waals surface area contributed by atoms with Gasteiger partial charge in [-0.05, 0) is 67.0 Å². The van der Waals surface area contributed by atoms with E-state index in [1.54, 1.807) is 12.1 Å². The number of nitrogens with zero attached hydrogens (tertiary/aromatic N) is 1. The summed E-state index contributed by atoms with van der Waals surface area (Å²) in [6, 6.07) is 10.0. The number of carboxylic acid groups (broad SMARTS) is 1. The van der Waals surface area contributed by atoms with Gasteiger partial charge in [-0.3, -0.25) is 14.4 Å². The molecule has 1 aliphatic rings. The lowest BCUT2D eigenvalue weighted by Crippen LogP contribution is -2.58. The fraction of sp³-hybridized carbons (Fsp3) is 0.400. The minimum atomic E-state index is -1.09. The number of thioether (sulfide) groups is 1. The largest absolute Gasteiger partial charge is 0.508 e. The van der Waals surface area contributed by atoms with E-state index in [1.165, 1.54) is 28.8 Å². The zero-order valence-corrected chi connectivity index (χ0v) is 24.2. The van der Waals surface area contributed by atoms with E-state index < -0.39 is 47.9 Å². The van der Waals surface area contributed by atoms with Crippen molar-refractivity contribution in [2.24, 2.45) is 5.73 Å². The predicted molar refractivity (Wildman–Crippen MR) is 161 cm³/mol. The smallest absolute Gasteiger partial charge is 0.326 e. The lowest BCUT2D eigenvalue weighted by Gasteiger charge is -2.29. The molecule has 12 heteroatoms. The fourth-order valence-electron chi connectivity index (χ4n) is 5.24. The molecule has 3 amide bonds. The lowest BCUT2D eigenvalue weighted by molar-refractivity contribution is -0.149. The molecule has 1 aliphatic heterocycles. The zero-order valence-electron chi connectivity index (χ0n) is 23.4. The molecule has 2 heterocycles. The molecule has 4 rings (SSSR count). The lowest BCUT2D eigenvalue weighted by atomic mass is 10.0. The second kappa shape index (κ2) is 14.2. The van der Waals surface area contributed by atoms with Gasteiger partial charge in [0.2, 0.25) is 17.7 Å². The normalized spacial score (nSPS) is 17.0. The molecule has 1 fully saturated rings. The van der Waals surface area contributed by atoms with Crippen LogP contribution in [0.4, 0.5) is 0 Å². The Morgan fingerprint density at radius 1 is 1.05 bits per heavy atom. The van der Waals surface area contributed by atoms with Crippen LogP contribution in [0.5, 0.6) is 5.75 Å². The average molecular weight is 596 g/mol. The minimum Gasteiger partial charge on any atom is -0.508 e. The van der Waals surface area contributed by atoms with Crippen molar-refractivity contribution in [2.75, 3.05) is 18.6 Å². The van der Waals surface area contributed by atoms with Crippen molar-refractivity contribution in [1.82, 2.24) is 20.5 Å². The Morgan fingerprint density at radius 3 is 2.48 bits per heavy atom. The number of hydrogen-bond acceptors (Lipinski definition) is 7. The third-order valence-electron chi connectivity index (χ3n) is 7.51. The number of H-pyrrole nitrogens is 1. The number of rotatable bonds is 13. The molecule has 1 saturated heterocycles. The molecular weight excluding hydrogens is 558 g/mol. The van der Waals surface area contributed by atoms with Crippen LogP contribution in [0.15, 0.2) is 54.7 Å². The Hall–Kier alpha value is -4.03. The van der Waals surface area contributed by atoms with Crippen LogP contribution in [0.25, 0.3) is 10.9 Å². The third kappa shape index (κ3) is 7.62. The number of aromatic hydroxyl groups is 1. The monoisotopic (exact) mass is 595 g/mol. The Morgan fingerprint density at radius 2 is 1.76 bits per heavy atom. The van der Waals surface area contributed by atoms with E-state index in [-0.39, 0.29) is 25.1 Å². The number of aromatic amines is 1. The van der Waals surface area contributed by atoms with Gasteiger partial charge in [0.1, 0.15) is 23.9 Å². The number of nitrogens with one attached hydrogen (secondary N) is 3. The summed E-state index contributed by atoms with van der Waals surface area (Å²) in [6.45, 7) is 0.271. The molecular formula is C30H37N5O6S. The molecule has 3 aromatic rings. The highest BCUT2D eigenvalue weighted by Crippen LogP contribution is 2.21. The second-order valence-corrected chi connectivity index (χ2v) is 11.5. The molecule has 0 radical (unpaired) electrons. The van der Waals surface area contributed by atoms with Crippen LogP contribution < -0.4 is 16.4 Å². The van der Waals surface area contributed by atoms with Crippen molar-refractivity contribution < 1.29 is 29.4 Å². The zero-order chi connectivity index (χ0) is 30.2. The fourth-order valence-corrected chi connectivity index (χ4v) is 5.71. The van der Waals surface area contributed by atoms with Crippen molar-refractivity contribution in [3.63, 3.8) is 0 Å². The van der Waals surface area contributed by atoms with Gasteiger partial charge in [0.25, 0.3) is 0 Å². The second-order valence-electron chi connectivity index (χ2n) is 10.5. The third-order valence-corrected chi connectivity index (χ3v) is 8.15. The van der Waals surface area contributed by atoms with Crippen molar-refractivity contribution in [3.8, 4) is 5.75 Å². The summed E-state index contributed by atoms with van der Waals surface area (Å²) in [4.78, 5) is 56.6. The SMILES string of the molecule is CSCCC(NC(=O)C(N)Cc1c[nH]c2ccccc12)C(=O)NC(Cc1ccc(O)cc1)C(=O)N1CCCC1C(=O)O. The minimum absolute atomic E-state index is 0.0555. The molecule has 224 valence electrons. The number of aromatic nitrogens is 1. The summed E-state index contributed by atoms with van der Waals surface area (Å²) in [5, 5.41) is 25.8. The van der Waals surface area contributed by atoms with Gasteiger partial charge in [0, 0.05) is 30.1 Å². The predicted octanol–water partition coefficient (Wildman–Crippen LogP) is 1.78. The molecule has 2 aromatic carbocycles. The first-order valence-corrected chi connectivity index (χ1v) is 15.3. The standard InChI is InChI=1S/C30H37N5O6S/c1-42-14-12-24(33-27(37)22(31)16-19-17-32-23-6-3-2-5-21(19)23)28(38)34-25(15-18-8-10-20(36)11-9-18)29(39)35-13-4-7-26(35)30(40)41/h2-3,5-6,8-11,17,22,24-26,32,36H,4,7,12-16,31H2,1H3,(H,33,37)(H,34,38)(H,40,41). The van der Waals surface area contributed by atoms with E-state index in [9.17, 15) is 29.4 Å². The summed E-state index contributed by atoms with van der Waals surface area (Å²) < 4.78 is 0. The number of phenolic OH excluding ortho intramolecular Hbond substituents is 1. The Labute approximate surface area is 248 Å². The molecule has 0 saturated carbocycles. The van der Waals surface area contributed by atoms with Crippen LogP contribution >= 0.6 is 11.8 Å². The number of para-hydroxylation sites is 1. The average Bonchev–Trinajstić information content (AvgIpc) is 3.63. The van der Waals surface area contributed by atoms with E-state index in [0.29, 0.717) is 30.6 Å². The van der Waals surface area contributed by atoms with E-state index in [2.05, 4.69) is 15.6 Å². The number of hydrogen-bond donors (Lipinski definition) is 6. The van der Waals surface area contributed by atoms with Crippen LogP contribution in [-0.2, 0) is 32.0 Å². The maximum atomic E-state index is 13.6. The number of fused-ring (bicyclic) bond motifs is 1. The molecule has 11 nitrogen and oxygen atoms in total. The van der Waals surface area contributed by atoms with E-state index >= 15 is 0 Å². The molecule has 0 bridgehead atoms. The number of phenols is 1. The molecule has 4 atom stereocenters. The first kappa shape index (κ1) is 30.9. The highest BCUT2D eigenvalue weighted by molar-refractivity contribution is 7.98. The molecule has 1 aromatic heterocycles. The number of carboxylic acids is 1. The van der Waals surface area contributed by atoms with Crippen LogP contribution in [0, 0.1) is 0 Å². The number of benzene rings is 2. The van der Waals surface area contributed by atoms with Gasteiger partial charge in [-0.2, -0.15) is 11.8 Å². The van der Waals surface area contributed by atoms with Gasteiger partial charge >= 0.3 is 5.97 Å². The number of aliphatic carboxylic acids is 1. The quantitative estimate of drug-likeness (QED) is 0.173. The van der Waals surface area contributed by atoms with E-state index in [1.807, 2.05) is 36.7 Å². The van der Waals surface area contributed by atoms with Crippen molar-refractivity contribution in [2.45, 2.75) is 56.3 Å². The van der Waals surface area contributed by atoms with Crippen molar-refractivity contribution in [3.05, 3.63) is 65.9 Å². The van der Waals surface area contributed by atoms with Gasteiger partial charge < -0.3 is 36.5 Å². The summed E-state index contributed by atoms with van der Waals surface area (Å²) >= 11 is 1.51. The van der Waals surface area contributed by atoms with Crippen LogP contribution in [0.3, 0.4) is 0 Å². The molecule has 0 aliphatic carbocycles. The van der Waals surface area contributed by atoms with Crippen LogP contribution in [-0.4, -0.2) is 86.5 Å². The summed E-state index contributed by atoms with van der Waals surface area (Å²) in [6.07, 6.45) is 5.23. The van der Waals surface area contributed by atoms with Crippen LogP contribution in [0.2, 0.25) is 0 Å². The number of nitrogens with two attached hydrogens (primary N) is 1.